The zero-order chi connectivity index (χ0) is 23.0. The topological polar surface area (TPSA) is 122 Å². The van der Waals surface area contributed by atoms with Crippen LogP contribution in [0, 0.1) is 5.92 Å². The van der Waals surface area contributed by atoms with Crippen LogP contribution in [0.3, 0.4) is 0 Å². The number of urea groups is 1. The van der Waals surface area contributed by atoms with Crippen molar-refractivity contribution in [3.05, 3.63) is 60.2 Å². The SMILES string of the molecule is CC(C)CNC(=O)NC(=O)COC(=O)c1ccccc1S(=O)(=O)N(C)c1ccccc1. The summed E-state index contributed by atoms with van der Waals surface area (Å²) in [5.41, 5.74) is 0.194. The average Bonchev–Trinajstić information content (AvgIpc) is 2.76. The van der Waals surface area contributed by atoms with Crippen molar-refractivity contribution in [2.45, 2.75) is 18.7 Å². The largest absolute Gasteiger partial charge is 0.452 e. The highest BCUT2D eigenvalue weighted by Crippen LogP contribution is 2.24. The number of benzene rings is 2. The number of amides is 3. The fourth-order valence-electron chi connectivity index (χ4n) is 2.50. The van der Waals surface area contributed by atoms with E-state index in [0.29, 0.717) is 12.2 Å². The molecule has 0 bridgehead atoms. The molecule has 0 fully saturated rings. The Bertz CT molecular complexity index is 1040. The zero-order valence-corrected chi connectivity index (χ0v) is 18.3. The van der Waals surface area contributed by atoms with Crippen molar-refractivity contribution in [1.29, 1.82) is 0 Å². The Balaban J connectivity index is 2.10. The number of imide groups is 1. The van der Waals surface area contributed by atoms with Crippen molar-refractivity contribution in [3.63, 3.8) is 0 Å². The molecule has 0 spiro atoms. The van der Waals surface area contributed by atoms with Gasteiger partial charge in [0, 0.05) is 13.6 Å². The minimum absolute atomic E-state index is 0.200. The molecule has 0 heterocycles. The molecule has 3 amide bonds. The summed E-state index contributed by atoms with van der Waals surface area (Å²) in [5, 5.41) is 4.53. The van der Waals surface area contributed by atoms with E-state index >= 15 is 0 Å². The third-order valence-corrected chi connectivity index (χ3v) is 5.97. The molecule has 0 saturated carbocycles. The Labute approximate surface area is 181 Å². The van der Waals surface area contributed by atoms with Gasteiger partial charge in [0.1, 0.15) is 4.90 Å². The van der Waals surface area contributed by atoms with Crippen LogP contribution in [0.5, 0.6) is 0 Å². The minimum Gasteiger partial charge on any atom is -0.452 e. The third kappa shape index (κ3) is 6.54. The molecule has 0 unspecified atom stereocenters. The van der Waals surface area contributed by atoms with Gasteiger partial charge < -0.3 is 10.1 Å². The minimum atomic E-state index is -4.07. The van der Waals surface area contributed by atoms with E-state index in [-0.39, 0.29) is 16.4 Å². The lowest BCUT2D eigenvalue weighted by atomic mass is 10.2. The molecule has 0 radical (unpaired) electrons. The maximum atomic E-state index is 13.1. The van der Waals surface area contributed by atoms with Crippen LogP contribution in [0.25, 0.3) is 0 Å². The van der Waals surface area contributed by atoms with E-state index in [4.69, 9.17) is 4.74 Å². The van der Waals surface area contributed by atoms with Crippen LogP contribution in [-0.2, 0) is 19.6 Å². The van der Waals surface area contributed by atoms with Gasteiger partial charge >= 0.3 is 12.0 Å². The first-order valence-electron chi connectivity index (χ1n) is 9.50. The maximum absolute atomic E-state index is 13.1. The fourth-order valence-corrected chi connectivity index (χ4v) is 3.87. The number of sulfonamides is 1. The molecular weight excluding hydrogens is 422 g/mol. The van der Waals surface area contributed by atoms with Crippen LogP contribution in [-0.4, -0.2) is 46.5 Å². The molecule has 0 atom stereocenters. The van der Waals surface area contributed by atoms with Gasteiger partial charge in [0.25, 0.3) is 15.9 Å². The molecule has 2 rings (SSSR count). The molecule has 0 aromatic heterocycles. The number of hydrogen-bond donors (Lipinski definition) is 2. The number of para-hydroxylation sites is 1. The number of nitrogens with zero attached hydrogens (tertiary/aromatic N) is 1. The smallest absolute Gasteiger partial charge is 0.340 e. The summed E-state index contributed by atoms with van der Waals surface area (Å²) in [6.07, 6.45) is 0. The highest BCUT2D eigenvalue weighted by Gasteiger charge is 2.27. The number of rotatable bonds is 8. The predicted octanol–water partition coefficient (Wildman–Crippen LogP) is 2.15. The Hall–Kier alpha value is -3.40. The summed E-state index contributed by atoms with van der Waals surface area (Å²) in [4.78, 5) is 35.7. The summed E-state index contributed by atoms with van der Waals surface area (Å²) >= 11 is 0. The molecule has 2 aromatic carbocycles. The first kappa shape index (κ1) is 23.9. The van der Waals surface area contributed by atoms with Crippen molar-refractivity contribution in [2.75, 3.05) is 24.5 Å². The van der Waals surface area contributed by atoms with Crippen LogP contribution in [0.2, 0.25) is 0 Å². The van der Waals surface area contributed by atoms with Crippen molar-refractivity contribution < 1.29 is 27.5 Å². The Morgan fingerprint density at radius 2 is 1.61 bits per heavy atom. The molecule has 0 saturated heterocycles. The average molecular weight is 448 g/mol. The lowest BCUT2D eigenvalue weighted by molar-refractivity contribution is -0.123. The van der Waals surface area contributed by atoms with Gasteiger partial charge in [-0.15, -0.1) is 0 Å². The Morgan fingerprint density at radius 1 is 1.00 bits per heavy atom. The molecule has 0 aliphatic carbocycles. The Morgan fingerprint density at radius 3 is 2.26 bits per heavy atom. The lowest BCUT2D eigenvalue weighted by Gasteiger charge is -2.20. The number of ether oxygens (including phenoxy) is 1. The van der Waals surface area contributed by atoms with E-state index in [1.54, 1.807) is 30.3 Å². The molecule has 0 aliphatic heterocycles. The zero-order valence-electron chi connectivity index (χ0n) is 17.5. The summed E-state index contributed by atoms with van der Waals surface area (Å²) in [6, 6.07) is 13.2. The lowest BCUT2D eigenvalue weighted by Crippen LogP contribution is -2.42. The van der Waals surface area contributed by atoms with Crippen LogP contribution in [0.1, 0.15) is 24.2 Å². The van der Waals surface area contributed by atoms with Crippen LogP contribution < -0.4 is 14.9 Å². The molecule has 2 N–H and O–H groups in total. The summed E-state index contributed by atoms with van der Waals surface area (Å²) in [6.45, 7) is 3.42. The van der Waals surface area contributed by atoms with Gasteiger partial charge in [0.15, 0.2) is 6.61 Å². The first-order chi connectivity index (χ1) is 14.6. The molecular formula is C21H25N3O6S. The third-order valence-electron chi connectivity index (χ3n) is 4.12. The van der Waals surface area contributed by atoms with Gasteiger partial charge in [0.2, 0.25) is 0 Å². The second-order valence-electron chi connectivity index (χ2n) is 7.03. The van der Waals surface area contributed by atoms with Crippen molar-refractivity contribution in [2.24, 2.45) is 5.92 Å². The second-order valence-corrected chi connectivity index (χ2v) is 8.97. The van der Waals surface area contributed by atoms with E-state index in [2.05, 4.69) is 5.32 Å². The summed E-state index contributed by atoms with van der Waals surface area (Å²) in [7, 11) is -2.70. The van der Waals surface area contributed by atoms with Gasteiger partial charge in [-0.1, -0.05) is 44.2 Å². The quantitative estimate of drug-likeness (QED) is 0.598. The van der Waals surface area contributed by atoms with Gasteiger partial charge in [-0.25, -0.2) is 18.0 Å². The van der Waals surface area contributed by atoms with Gasteiger partial charge in [0.05, 0.1) is 11.3 Å². The van der Waals surface area contributed by atoms with Crippen molar-refractivity contribution in [1.82, 2.24) is 10.6 Å². The predicted molar refractivity (Wildman–Crippen MR) is 115 cm³/mol. The fraction of sp³-hybridized carbons (Fsp3) is 0.286. The van der Waals surface area contributed by atoms with Crippen LogP contribution in [0.15, 0.2) is 59.5 Å². The standard InChI is InChI=1S/C21H25N3O6S/c1-15(2)13-22-21(27)23-19(25)14-30-20(26)17-11-7-8-12-18(17)31(28,29)24(3)16-9-5-4-6-10-16/h4-12,15H,13-14H2,1-3H3,(H2,22,23,25,27). The van der Waals surface area contributed by atoms with Crippen molar-refractivity contribution in [3.8, 4) is 0 Å². The molecule has 2 aromatic rings. The number of carbonyl (C=O) groups is 3. The van der Waals surface area contributed by atoms with E-state index in [9.17, 15) is 22.8 Å². The first-order valence-corrected chi connectivity index (χ1v) is 10.9. The Kier molecular flexibility index (Phi) is 8.14. The molecule has 10 heteroatoms. The number of carbonyl (C=O) groups excluding carboxylic acids is 3. The number of anilines is 1. The maximum Gasteiger partial charge on any atom is 0.340 e. The van der Waals surface area contributed by atoms with Gasteiger partial charge in [-0.3, -0.25) is 14.4 Å². The van der Waals surface area contributed by atoms with E-state index in [1.165, 1.54) is 31.3 Å². The van der Waals surface area contributed by atoms with Crippen LogP contribution in [0.4, 0.5) is 10.5 Å². The van der Waals surface area contributed by atoms with Crippen LogP contribution >= 0.6 is 0 Å². The van der Waals surface area contributed by atoms with Gasteiger partial charge in [-0.05, 0) is 30.2 Å². The second kappa shape index (κ2) is 10.6. The number of esters is 1. The summed E-state index contributed by atoms with van der Waals surface area (Å²) < 4.78 is 32.1. The van der Waals surface area contributed by atoms with Gasteiger partial charge in [-0.2, -0.15) is 0 Å². The summed E-state index contributed by atoms with van der Waals surface area (Å²) in [5.74, 6) is -1.64. The normalized spacial score (nSPS) is 11.0. The highest BCUT2D eigenvalue weighted by molar-refractivity contribution is 7.92. The number of hydrogen-bond acceptors (Lipinski definition) is 6. The molecule has 166 valence electrons. The highest BCUT2D eigenvalue weighted by atomic mass is 32.2. The van der Waals surface area contributed by atoms with E-state index in [1.807, 2.05) is 19.2 Å². The van der Waals surface area contributed by atoms with Crippen molar-refractivity contribution >= 4 is 33.6 Å². The van der Waals surface area contributed by atoms with E-state index in [0.717, 1.165) is 4.31 Å². The molecule has 0 aliphatic rings. The van der Waals surface area contributed by atoms with E-state index < -0.39 is 34.5 Å². The molecule has 31 heavy (non-hydrogen) atoms. The molecule has 9 nitrogen and oxygen atoms in total. The monoisotopic (exact) mass is 447 g/mol. The number of nitrogens with one attached hydrogen (secondary N) is 2.